The van der Waals surface area contributed by atoms with E-state index in [4.69, 9.17) is 0 Å². The lowest BCUT2D eigenvalue weighted by molar-refractivity contribution is -0.149. The highest BCUT2D eigenvalue weighted by Gasteiger charge is 2.52. The van der Waals surface area contributed by atoms with E-state index in [1.54, 1.807) is 4.90 Å². The third-order valence-corrected chi connectivity index (χ3v) is 7.52. The summed E-state index contributed by atoms with van der Waals surface area (Å²) in [6.45, 7) is 3.83. The molecule has 1 N–H and O–H groups in total. The Hall–Kier alpha value is -1.88. The van der Waals surface area contributed by atoms with E-state index in [-0.39, 0.29) is 17.4 Å². The van der Waals surface area contributed by atoms with E-state index in [2.05, 4.69) is 34.5 Å². The van der Waals surface area contributed by atoms with Crippen molar-refractivity contribution >= 4 is 11.8 Å². The molecule has 0 aromatic heterocycles. The highest BCUT2D eigenvalue weighted by Crippen LogP contribution is 2.55. The molecule has 0 atom stereocenters. The Morgan fingerprint density at radius 2 is 1.46 bits per heavy atom. The first-order chi connectivity index (χ1) is 13.6. The Balaban J connectivity index is 1.15. The van der Waals surface area contributed by atoms with Gasteiger partial charge in [0.25, 0.3) is 0 Å². The summed E-state index contributed by atoms with van der Waals surface area (Å²) >= 11 is 0. The second-order valence-electron chi connectivity index (χ2n) is 9.71. The molecule has 1 heterocycles. The number of rotatable bonds is 3. The van der Waals surface area contributed by atoms with Crippen molar-refractivity contribution in [2.45, 2.75) is 50.6 Å². The van der Waals surface area contributed by atoms with Gasteiger partial charge in [-0.1, -0.05) is 30.3 Å². The summed E-state index contributed by atoms with van der Waals surface area (Å²) in [6.07, 6.45) is 7.28. The first-order valence-corrected chi connectivity index (χ1v) is 11.0. The predicted octanol–water partition coefficient (Wildman–Crippen LogP) is 2.42. The van der Waals surface area contributed by atoms with Gasteiger partial charge in [-0.15, -0.1) is 0 Å². The summed E-state index contributed by atoms with van der Waals surface area (Å²) in [5, 5.41) is 3.23. The van der Waals surface area contributed by atoms with E-state index in [1.165, 1.54) is 24.8 Å². The van der Waals surface area contributed by atoms with E-state index in [0.29, 0.717) is 13.1 Å². The van der Waals surface area contributed by atoms with Gasteiger partial charge in [-0.2, -0.15) is 0 Å². The minimum atomic E-state index is -0.363. The molecular formula is C23H31N3O2. The normalized spacial score (nSPS) is 34.4. The fourth-order valence-electron chi connectivity index (χ4n) is 6.65. The molecule has 150 valence electrons. The monoisotopic (exact) mass is 381 g/mol. The summed E-state index contributed by atoms with van der Waals surface area (Å²) in [7, 11) is 0. The van der Waals surface area contributed by atoms with Crippen molar-refractivity contribution in [3.05, 3.63) is 35.9 Å². The van der Waals surface area contributed by atoms with E-state index >= 15 is 0 Å². The largest absolute Gasteiger partial charge is 0.342 e. The minimum absolute atomic E-state index is 0.0867. The van der Waals surface area contributed by atoms with Gasteiger partial charge >= 0.3 is 11.8 Å². The number of hydrogen-bond acceptors (Lipinski definition) is 3. The maximum Gasteiger partial charge on any atom is 0.311 e. The Bertz CT molecular complexity index is 704. The third-order valence-electron chi connectivity index (χ3n) is 7.52. The molecule has 1 saturated heterocycles. The molecule has 4 aliphatic carbocycles. The summed E-state index contributed by atoms with van der Waals surface area (Å²) in [5.41, 5.74) is 1.21. The van der Waals surface area contributed by atoms with Crippen LogP contribution in [-0.2, 0) is 16.1 Å². The van der Waals surface area contributed by atoms with Crippen LogP contribution in [0.4, 0.5) is 0 Å². The molecule has 5 nitrogen and oxygen atoms in total. The molecular weight excluding hydrogens is 350 g/mol. The molecule has 5 heteroatoms. The molecule has 6 rings (SSSR count). The lowest BCUT2D eigenvalue weighted by Gasteiger charge is -2.56. The van der Waals surface area contributed by atoms with Crippen LogP contribution < -0.4 is 5.32 Å². The number of nitrogens with one attached hydrogen (secondary N) is 1. The smallest absolute Gasteiger partial charge is 0.311 e. The van der Waals surface area contributed by atoms with Gasteiger partial charge in [0.05, 0.1) is 0 Å². The molecule has 4 bridgehead atoms. The molecule has 0 radical (unpaired) electrons. The van der Waals surface area contributed by atoms with Crippen LogP contribution in [0.1, 0.15) is 44.1 Å². The second kappa shape index (κ2) is 7.18. The Labute approximate surface area is 167 Å². The zero-order valence-electron chi connectivity index (χ0n) is 16.6. The number of amides is 2. The topological polar surface area (TPSA) is 52.7 Å². The minimum Gasteiger partial charge on any atom is -0.342 e. The molecule has 2 amide bonds. The average molecular weight is 382 g/mol. The molecule has 1 aromatic rings. The van der Waals surface area contributed by atoms with Crippen LogP contribution >= 0.6 is 0 Å². The molecule has 4 saturated carbocycles. The molecule has 1 aromatic carbocycles. The van der Waals surface area contributed by atoms with Crippen LogP contribution in [0.5, 0.6) is 0 Å². The van der Waals surface area contributed by atoms with Crippen LogP contribution in [-0.4, -0.2) is 53.3 Å². The quantitative estimate of drug-likeness (QED) is 0.818. The van der Waals surface area contributed by atoms with E-state index < -0.39 is 0 Å². The molecule has 5 fully saturated rings. The van der Waals surface area contributed by atoms with Gasteiger partial charge in [-0.05, 0) is 61.8 Å². The van der Waals surface area contributed by atoms with Gasteiger partial charge in [0.2, 0.25) is 0 Å². The van der Waals surface area contributed by atoms with Crippen LogP contribution in [0.3, 0.4) is 0 Å². The SMILES string of the molecule is O=C(NC12CC3CC(CC(C3)C1)C2)C(=O)N1CCN(Cc2ccccc2)CC1. The third kappa shape index (κ3) is 3.57. The summed E-state index contributed by atoms with van der Waals surface area (Å²) in [6, 6.07) is 10.4. The lowest BCUT2D eigenvalue weighted by atomic mass is 9.53. The van der Waals surface area contributed by atoms with Crippen molar-refractivity contribution in [1.29, 1.82) is 0 Å². The van der Waals surface area contributed by atoms with Crippen molar-refractivity contribution in [2.75, 3.05) is 26.2 Å². The van der Waals surface area contributed by atoms with Crippen LogP contribution in [0.2, 0.25) is 0 Å². The van der Waals surface area contributed by atoms with Gasteiger partial charge < -0.3 is 10.2 Å². The first kappa shape index (κ1) is 18.2. The highest BCUT2D eigenvalue weighted by atomic mass is 16.2. The van der Waals surface area contributed by atoms with E-state index in [9.17, 15) is 9.59 Å². The maximum atomic E-state index is 12.8. The number of piperazine rings is 1. The van der Waals surface area contributed by atoms with Crippen molar-refractivity contribution < 1.29 is 9.59 Å². The molecule has 28 heavy (non-hydrogen) atoms. The van der Waals surface area contributed by atoms with E-state index in [1.807, 2.05) is 6.07 Å². The zero-order chi connectivity index (χ0) is 19.1. The lowest BCUT2D eigenvalue weighted by Crippen LogP contribution is -2.62. The fraction of sp³-hybridized carbons (Fsp3) is 0.652. The second-order valence-corrected chi connectivity index (χ2v) is 9.71. The Morgan fingerprint density at radius 1 is 0.893 bits per heavy atom. The maximum absolute atomic E-state index is 12.8. The number of carbonyl (C=O) groups excluding carboxylic acids is 2. The van der Waals surface area contributed by atoms with Gasteiger partial charge in [0.15, 0.2) is 0 Å². The van der Waals surface area contributed by atoms with Crippen LogP contribution in [0.15, 0.2) is 30.3 Å². The zero-order valence-corrected chi connectivity index (χ0v) is 16.6. The number of carbonyl (C=O) groups is 2. The summed E-state index contributed by atoms with van der Waals surface area (Å²) < 4.78 is 0. The van der Waals surface area contributed by atoms with Crippen molar-refractivity contribution in [3.8, 4) is 0 Å². The summed E-state index contributed by atoms with van der Waals surface area (Å²) in [4.78, 5) is 29.7. The number of benzene rings is 1. The van der Waals surface area contributed by atoms with Crippen LogP contribution in [0, 0.1) is 17.8 Å². The number of nitrogens with zero attached hydrogens (tertiary/aromatic N) is 2. The summed E-state index contributed by atoms with van der Waals surface area (Å²) in [5.74, 6) is 1.61. The highest BCUT2D eigenvalue weighted by molar-refractivity contribution is 6.35. The standard InChI is InChI=1S/C23H31N3O2/c27-21(24-23-13-18-10-19(14-23)12-20(11-18)15-23)22(28)26-8-6-25(7-9-26)16-17-4-2-1-3-5-17/h1-5,18-20H,6-16H2,(H,24,27). The average Bonchev–Trinajstić information content (AvgIpc) is 2.67. The van der Waals surface area contributed by atoms with Gasteiger partial charge in [0, 0.05) is 38.3 Å². The van der Waals surface area contributed by atoms with Crippen molar-refractivity contribution in [2.24, 2.45) is 17.8 Å². The Morgan fingerprint density at radius 3 is 2.04 bits per heavy atom. The number of hydrogen-bond donors (Lipinski definition) is 1. The van der Waals surface area contributed by atoms with Crippen molar-refractivity contribution in [3.63, 3.8) is 0 Å². The van der Waals surface area contributed by atoms with Crippen LogP contribution in [0.25, 0.3) is 0 Å². The molecule has 5 aliphatic rings. The molecule has 0 unspecified atom stereocenters. The first-order valence-electron chi connectivity index (χ1n) is 11.0. The predicted molar refractivity (Wildman–Crippen MR) is 107 cm³/mol. The van der Waals surface area contributed by atoms with Gasteiger partial charge in [0.1, 0.15) is 0 Å². The molecule has 0 spiro atoms. The van der Waals surface area contributed by atoms with Gasteiger partial charge in [-0.3, -0.25) is 14.5 Å². The molecule has 1 aliphatic heterocycles. The van der Waals surface area contributed by atoms with E-state index in [0.717, 1.165) is 56.7 Å². The Kier molecular flexibility index (Phi) is 4.66. The van der Waals surface area contributed by atoms with Crippen molar-refractivity contribution in [1.82, 2.24) is 15.1 Å². The van der Waals surface area contributed by atoms with Gasteiger partial charge in [-0.25, -0.2) is 0 Å². The fourth-order valence-corrected chi connectivity index (χ4v) is 6.65.